The first kappa shape index (κ1) is 17.0. The third kappa shape index (κ3) is 3.35. The van der Waals surface area contributed by atoms with Crippen LogP contribution in [0.4, 0.5) is 5.69 Å². The van der Waals surface area contributed by atoms with E-state index in [9.17, 15) is 13.5 Å². The van der Waals surface area contributed by atoms with Crippen molar-refractivity contribution in [2.24, 2.45) is 0 Å². The number of halogens is 2. The molecule has 0 saturated carbocycles. The summed E-state index contributed by atoms with van der Waals surface area (Å²) in [5.41, 5.74) is 6.01. The van der Waals surface area contributed by atoms with Crippen molar-refractivity contribution < 1.29 is 18.3 Å². The molecular weight excluding hydrogens is 384 g/mol. The highest BCUT2D eigenvalue weighted by molar-refractivity contribution is 9.10. The average molecular weight is 400 g/mol. The number of benzene rings is 1. The molecular formula is C12H16BrClN2O4S. The summed E-state index contributed by atoms with van der Waals surface area (Å²) in [5, 5.41) is 9.42. The number of morpholine rings is 1. The maximum Gasteiger partial charge on any atom is 0.244 e. The molecule has 1 fully saturated rings. The Morgan fingerprint density at radius 1 is 1.57 bits per heavy atom. The highest BCUT2D eigenvalue weighted by atomic mass is 79.9. The van der Waals surface area contributed by atoms with Gasteiger partial charge in [-0.2, -0.15) is 4.31 Å². The first-order valence-corrected chi connectivity index (χ1v) is 8.87. The summed E-state index contributed by atoms with van der Waals surface area (Å²) in [6.45, 7) is 1.81. The minimum atomic E-state index is -3.80. The molecule has 2 atom stereocenters. The van der Waals surface area contributed by atoms with Crippen molar-refractivity contribution in [1.82, 2.24) is 4.31 Å². The van der Waals surface area contributed by atoms with Crippen molar-refractivity contribution in [2.45, 2.75) is 24.0 Å². The normalized spacial score (nSPS) is 24.2. The van der Waals surface area contributed by atoms with Gasteiger partial charge in [-0.25, -0.2) is 8.42 Å². The quantitative estimate of drug-likeness (QED) is 0.751. The summed E-state index contributed by atoms with van der Waals surface area (Å²) < 4.78 is 32.6. The summed E-state index contributed by atoms with van der Waals surface area (Å²) in [5.74, 6) is 0. The van der Waals surface area contributed by atoms with Gasteiger partial charge in [0.2, 0.25) is 10.0 Å². The van der Waals surface area contributed by atoms with E-state index in [-0.39, 0.29) is 45.9 Å². The molecule has 21 heavy (non-hydrogen) atoms. The Morgan fingerprint density at radius 3 is 2.86 bits per heavy atom. The van der Waals surface area contributed by atoms with Gasteiger partial charge in [0, 0.05) is 23.3 Å². The highest BCUT2D eigenvalue weighted by Crippen LogP contribution is 2.34. The zero-order valence-corrected chi connectivity index (χ0v) is 14.4. The maximum absolute atomic E-state index is 12.8. The highest BCUT2D eigenvalue weighted by Gasteiger charge is 2.36. The van der Waals surface area contributed by atoms with Crippen LogP contribution in [0.15, 0.2) is 21.5 Å². The largest absolute Gasteiger partial charge is 0.398 e. The van der Waals surface area contributed by atoms with Gasteiger partial charge in [0.25, 0.3) is 0 Å². The molecule has 118 valence electrons. The molecule has 1 aliphatic heterocycles. The van der Waals surface area contributed by atoms with Crippen LogP contribution in [-0.2, 0) is 14.8 Å². The van der Waals surface area contributed by atoms with Crippen LogP contribution in [0.3, 0.4) is 0 Å². The van der Waals surface area contributed by atoms with E-state index in [2.05, 4.69) is 15.9 Å². The third-order valence-corrected chi connectivity index (χ3v) is 6.64. The Balaban J connectivity index is 2.46. The summed E-state index contributed by atoms with van der Waals surface area (Å²) in [4.78, 5) is 0.0120. The second-order valence-electron chi connectivity index (χ2n) is 4.87. The number of aliphatic hydroxyl groups is 1. The maximum atomic E-state index is 12.8. The summed E-state index contributed by atoms with van der Waals surface area (Å²) in [7, 11) is -3.80. The molecule has 6 nitrogen and oxygen atoms in total. The monoisotopic (exact) mass is 398 g/mol. The van der Waals surface area contributed by atoms with Gasteiger partial charge >= 0.3 is 0 Å². The fraction of sp³-hybridized carbons (Fsp3) is 0.500. The van der Waals surface area contributed by atoms with Crippen LogP contribution in [0.5, 0.6) is 0 Å². The Labute approximate surface area is 137 Å². The molecule has 9 heteroatoms. The SMILES string of the molecule is CC1COC(CO)CN1S(=O)(=O)c1cc(Cl)cc(N)c1Br. The van der Waals surface area contributed by atoms with E-state index in [1.807, 2.05) is 0 Å². The number of aliphatic hydroxyl groups excluding tert-OH is 1. The molecule has 1 aliphatic rings. The van der Waals surface area contributed by atoms with E-state index in [1.165, 1.54) is 16.4 Å². The van der Waals surface area contributed by atoms with Crippen molar-refractivity contribution >= 4 is 43.2 Å². The van der Waals surface area contributed by atoms with Crippen LogP contribution in [0.25, 0.3) is 0 Å². The van der Waals surface area contributed by atoms with Crippen molar-refractivity contribution in [1.29, 1.82) is 0 Å². The molecule has 0 spiro atoms. The van der Waals surface area contributed by atoms with Gasteiger partial charge in [0.05, 0.1) is 28.7 Å². The van der Waals surface area contributed by atoms with E-state index in [1.54, 1.807) is 6.92 Å². The topological polar surface area (TPSA) is 92.9 Å². The zero-order chi connectivity index (χ0) is 15.8. The van der Waals surface area contributed by atoms with E-state index < -0.39 is 16.1 Å². The molecule has 1 saturated heterocycles. The number of nitrogens with two attached hydrogens (primary N) is 1. The zero-order valence-electron chi connectivity index (χ0n) is 11.3. The lowest BCUT2D eigenvalue weighted by molar-refractivity contribution is -0.0516. The van der Waals surface area contributed by atoms with Gasteiger partial charge in [-0.15, -0.1) is 0 Å². The van der Waals surface area contributed by atoms with Gasteiger partial charge in [0.1, 0.15) is 0 Å². The minimum absolute atomic E-state index is 0.0120. The molecule has 0 bridgehead atoms. The number of sulfonamides is 1. The fourth-order valence-electron chi connectivity index (χ4n) is 2.14. The van der Waals surface area contributed by atoms with Gasteiger partial charge in [-0.3, -0.25) is 0 Å². The fourth-order valence-corrected chi connectivity index (χ4v) is 5.04. The molecule has 1 aromatic rings. The number of nitrogens with zero attached hydrogens (tertiary/aromatic N) is 1. The first-order valence-electron chi connectivity index (χ1n) is 6.26. The number of hydrogen-bond acceptors (Lipinski definition) is 5. The van der Waals surface area contributed by atoms with Crippen LogP contribution in [-0.4, -0.2) is 49.7 Å². The summed E-state index contributed by atoms with van der Waals surface area (Å²) >= 11 is 9.11. The minimum Gasteiger partial charge on any atom is -0.398 e. The number of hydrogen-bond donors (Lipinski definition) is 2. The predicted octanol–water partition coefficient (Wildman–Crippen LogP) is 1.45. The number of nitrogen functional groups attached to an aromatic ring is 1. The molecule has 1 aromatic carbocycles. The summed E-state index contributed by atoms with van der Waals surface area (Å²) in [6.07, 6.45) is -0.536. The Kier molecular flexibility index (Phi) is 5.17. The molecule has 0 amide bonds. The average Bonchev–Trinajstić information content (AvgIpc) is 2.43. The smallest absolute Gasteiger partial charge is 0.244 e. The predicted molar refractivity (Wildman–Crippen MR) is 83.7 cm³/mol. The van der Waals surface area contributed by atoms with Gasteiger partial charge in [-0.05, 0) is 35.0 Å². The molecule has 0 aromatic heterocycles. The molecule has 2 rings (SSSR count). The number of anilines is 1. The molecule has 0 radical (unpaired) electrons. The van der Waals surface area contributed by atoms with E-state index in [0.717, 1.165) is 0 Å². The Hall–Kier alpha value is -0.380. The lowest BCUT2D eigenvalue weighted by Crippen LogP contribution is -2.51. The van der Waals surface area contributed by atoms with Crippen LogP contribution in [0.2, 0.25) is 5.02 Å². The van der Waals surface area contributed by atoms with Gasteiger partial charge in [0.15, 0.2) is 0 Å². The van der Waals surface area contributed by atoms with Crippen LogP contribution in [0, 0.1) is 0 Å². The van der Waals surface area contributed by atoms with Crippen LogP contribution < -0.4 is 5.73 Å². The van der Waals surface area contributed by atoms with Crippen molar-refractivity contribution in [2.75, 3.05) is 25.5 Å². The van der Waals surface area contributed by atoms with Crippen molar-refractivity contribution in [3.05, 3.63) is 21.6 Å². The van der Waals surface area contributed by atoms with Gasteiger partial charge < -0.3 is 15.6 Å². The van der Waals surface area contributed by atoms with E-state index in [4.69, 9.17) is 22.1 Å². The second kappa shape index (κ2) is 6.39. The van der Waals surface area contributed by atoms with Crippen molar-refractivity contribution in [3.8, 4) is 0 Å². The molecule has 3 N–H and O–H groups in total. The van der Waals surface area contributed by atoms with Gasteiger partial charge in [-0.1, -0.05) is 11.6 Å². The standard InChI is InChI=1S/C12H16BrClN2O4S/c1-7-6-20-9(5-17)4-16(7)21(18,19)11-3-8(14)2-10(15)12(11)13/h2-3,7,9,17H,4-6,15H2,1H3. The first-order chi connectivity index (χ1) is 9.77. The van der Waals surface area contributed by atoms with E-state index >= 15 is 0 Å². The van der Waals surface area contributed by atoms with Crippen LogP contribution in [0.1, 0.15) is 6.92 Å². The summed E-state index contributed by atoms with van der Waals surface area (Å²) in [6, 6.07) is 2.49. The Bertz CT molecular complexity index is 640. The molecule has 2 unspecified atom stereocenters. The molecule has 0 aliphatic carbocycles. The molecule has 1 heterocycles. The lowest BCUT2D eigenvalue weighted by Gasteiger charge is -2.36. The Morgan fingerprint density at radius 2 is 2.24 bits per heavy atom. The lowest BCUT2D eigenvalue weighted by atomic mass is 10.2. The second-order valence-corrected chi connectivity index (χ2v) is 7.96. The van der Waals surface area contributed by atoms with Crippen molar-refractivity contribution in [3.63, 3.8) is 0 Å². The third-order valence-electron chi connectivity index (χ3n) is 3.27. The van der Waals surface area contributed by atoms with E-state index in [0.29, 0.717) is 0 Å². The number of ether oxygens (including phenoxy) is 1. The number of rotatable bonds is 3. The van der Waals surface area contributed by atoms with Crippen LogP contribution >= 0.6 is 27.5 Å².